The summed E-state index contributed by atoms with van der Waals surface area (Å²) >= 11 is 6.92. The van der Waals surface area contributed by atoms with Crippen molar-refractivity contribution < 1.29 is 17.6 Å². The number of aromatic nitrogens is 5. The van der Waals surface area contributed by atoms with Crippen LogP contribution < -0.4 is 14.9 Å². The van der Waals surface area contributed by atoms with Gasteiger partial charge in [-0.25, -0.2) is 9.97 Å². The molecule has 2 N–H and O–H groups in total. The second-order valence-corrected chi connectivity index (χ2v) is 13.7. The number of sulfonamides is 1. The maximum atomic E-state index is 13.6. The molecule has 43 heavy (non-hydrogen) atoms. The molecule has 0 saturated heterocycles. The van der Waals surface area contributed by atoms with E-state index < -0.39 is 15.6 Å². The van der Waals surface area contributed by atoms with Crippen molar-refractivity contribution in [2.75, 3.05) is 43.1 Å². The van der Waals surface area contributed by atoms with E-state index in [9.17, 15) is 8.42 Å². The van der Waals surface area contributed by atoms with Crippen molar-refractivity contribution in [3.63, 3.8) is 0 Å². The minimum absolute atomic E-state index is 0.00521. The van der Waals surface area contributed by atoms with E-state index in [0.717, 1.165) is 22.8 Å². The molecule has 12 nitrogen and oxygen atoms in total. The van der Waals surface area contributed by atoms with E-state index in [0.29, 0.717) is 42.8 Å². The highest BCUT2D eigenvalue weighted by atomic mass is 35.5. The number of imidazole rings is 1. The van der Waals surface area contributed by atoms with Crippen LogP contribution in [-0.4, -0.2) is 67.0 Å². The lowest BCUT2D eigenvalue weighted by Crippen LogP contribution is -2.35. The molecule has 5 rings (SSSR count). The van der Waals surface area contributed by atoms with Crippen LogP contribution in [0.3, 0.4) is 0 Å². The van der Waals surface area contributed by atoms with Gasteiger partial charge in [0.25, 0.3) is 10.0 Å². The summed E-state index contributed by atoms with van der Waals surface area (Å²) in [4.78, 5) is 10.9. The van der Waals surface area contributed by atoms with Gasteiger partial charge in [0, 0.05) is 40.5 Å². The summed E-state index contributed by atoms with van der Waals surface area (Å²) in [5.41, 5.74) is 7.04. The van der Waals surface area contributed by atoms with Gasteiger partial charge in [-0.1, -0.05) is 48.9 Å². The number of nitrogens with zero attached hydrogens (tertiary/aromatic N) is 7. The normalized spacial score (nSPS) is 17.9. The molecule has 1 saturated carbocycles. The zero-order valence-electron chi connectivity index (χ0n) is 24.9. The first-order valence-electron chi connectivity index (χ1n) is 14.0. The number of hydrogen-bond acceptors (Lipinski definition) is 10. The fourth-order valence-electron chi connectivity index (χ4n) is 4.90. The molecule has 1 aliphatic carbocycles. The molecule has 3 atom stereocenters. The van der Waals surface area contributed by atoms with Crippen molar-refractivity contribution in [3.05, 3.63) is 65.4 Å². The van der Waals surface area contributed by atoms with Gasteiger partial charge in [-0.3, -0.25) is 4.31 Å². The molecule has 0 spiro atoms. The fourth-order valence-corrected chi connectivity index (χ4v) is 6.38. The quantitative estimate of drug-likeness (QED) is 0.231. The summed E-state index contributed by atoms with van der Waals surface area (Å²) in [7, 11) is 0.622. The van der Waals surface area contributed by atoms with Crippen LogP contribution in [0.2, 0.25) is 5.02 Å². The maximum Gasteiger partial charge on any atom is 0.284 e. The van der Waals surface area contributed by atoms with Crippen molar-refractivity contribution in [1.29, 1.82) is 0 Å². The molecule has 3 aromatic heterocycles. The van der Waals surface area contributed by atoms with Gasteiger partial charge in [-0.2, -0.15) is 8.42 Å². The molecule has 0 amide bonds. The number of nitrogens with two attached hydrogens (primary N) is 1. The summed E-state index contributed by atoms with van der Waals surface area (Å²) in [6.07, 6.45) is 4.41. The molecular formula is C29H37ClN8O4S. The smallest absolute Gasteiger partial charge is 0.284 e. The van der Waals surface area contributed by atoms with E-state index in [1.807, 2.05) is 37.3 Å². The van der Waals surface area contributed by atoms with E-state index in [2.05, 4.69) is 27.0 Å². The molecule has 1 aliphatic rings. The zero-order chi connectivity index (χ0) is 30.9. The van der Waals surface area contributed by atoms with Gasteiger partial charge in [0.15, 0.2) is 10.8 Å². The van der Waals surface area contributed by atoms with Gasteiger partial charge in [0.2, 0.25) is 11.8 Å². The number of halogens is 1. The number of ether oxygens (including phenoxy) is 1. The first-order valence-corrected chi connectivity index (χ1v) is 15.8. The van der Waals surface area contributed by atoms with Crippen molar-refractivity contribution in [1.82, 2.24) is 24.7 Å². The van der Waals surface area contributed by atoms with E-state index in [-0.39, 0.29) is 27.6 Å². The Morgan fingerprint density at radius 2 is 1.98 bits per heavy atom. The van der Waals surface area contributed by atoms with Gasteiger partial charge in [-0.15, -0.1) is 10.2 Å². The predicted molar refractivity (Wildman–Crippen MR) is 164 cm³/mol. The Morgan fingerprint density at radius 3 is 2.60 bits per heavy atom. The van der Waals surface area contributed by atoms with Gasteiger partial charge in [-0.05, 0) is 43.2 Å². The average Bonchev–Trinajstić information content (AvgIpc) is 3.33. The minimum atomic E-state index is -4.10. The minimum Gasteiger partial charge on any atom is -0.419 e. The van der Waals surface area contributed by atoms with Gasteiger partial charge in [0.1, 0.15) is 5.82 Å². The Labute approximate surface area is 256 Å². The topological polar surface area (TPSA) is 146 Å². The summed E-state index contributed by atoms with van der Waals surface area (Å²) in [5, 5.41) is 8.46. The number of pyridine rings is 1. The molecule has 2 unspecified atom stereocenters. The van der Waals surface area contributed by atoms with Crippen LogP contribution in [0.15, 0.2) is 58.4 Å². The predicted octanol–water partition coefficient (Wildman–Crippen LogP) is 3.87. The van der Waals surface area contributed by atoms with Gasteiger partial charge in [0.05, 0.1) is 29.1 Å². The SMILES string of the molecule is COCCN(CC1CC1C)c1cc(-c2nnc([C@](C)(N)Cc3ccccc3)o2)c(Cl)c(N(C)S(=O)(=O)c2cn(C)cn2)n1. The fraction of sp³-hybridized carbons (Fsp3) is 0.448. The van der Waals surface area contributed by atoms with Crippen LogP contribution in [0.1, 0.15) is 31.7 Å². The van der Waals surface area contributed by atoms with Crippen LogP contribution in [-0.2, 0) is 33.8 Å². The van der Waals surface area contributed by atoms with Crippen LogP contribution in [0, 0.1) is 11.8 Å². The van der Waals surface area contributed by atoms with Crippen LogP contribution in [0.5, 0.6) is 0 Å². The average molecular weight is 629 g/mol. The summed E-state index contributed by atoms with van der Waals surface area (Å²) < 4.78 is 41.3. The number of aryl methyl sites for hydroxylation is 1. The van der Waals surface area contributed by atoms with Crippen molar-refractivity contribution >= 4 is 33.3 Å². The number of hydrogen-bond donors (Lipinski definition) is 1. The van der Waals surface area contributed by atoms with E-state index in [1.165, 1.54) is 19.6 Å². The Balaban J connectivity index is 1.58. The van der Waals surface area contributed by atoms with Crippen molar-refractivity contribution in [2.24, 2.45) is 24.6 Å². The molecule has 1 fully saturated rings. The molecule has 4 aromatic rings. The molecular weight excluding hydrogens is 592 g/mol. The third kappa shape index (κ3) is 6.69. The summed E-state index contributed by atoms with van der Waals surface area (Å²) in [6.45, 7) is 5.74. The highest BCUT2D eigenvalue weighted by Crippen LogP contribution is 2.42. The highest BCUT2D eigenvalue weighted by Gasteiger charge is 2.36. The van der Waals surface area contributed by atoms with Gasteiger partial charge < -0.3 is 24.4 Å². The second kappa shape index (κ2) is 12.2. The molecule has 0 radical (unpaired) electrons. The lowest BCUT2D eigenvalue weighted by Gasteiger charge is -2.27. The molecule has 0 aliphatic heterocycles. The first-order chi connectivity index (χ1) is 20.4. The molecule has 3 heterocycles. The summed E-state index contributed by atoms with van der Waals surface area (Å²) in [5.74, 6) is 1.92. The molecule has 230 valence electrons. The van der Waals surface area contributed by atoms with Crippen LogP contribution in [0.4, 0.5) is 11.6 Å². The largest absolute Gasteiger partial charge is 0.419 e. The number of benzene rings is 1. The maximum absolute atomic E-state index is 13.6. The van der Waals surface area contributed by atoms with E-state index in [1.54, 1.807) is 24.8 Å². The second-order valence-electron chi connectivity index (χ2n) is 11.4. The van der Waals surface area contributed by atoms with E-state index in [4.69, 9.17) is 31.5 Å². The Morgan fingerprint density at radius 1 is 1.26 bits per heavy atom. The Kier molecular flexibility index (Phi) is 8.80. The van der Waals surface area contributed by atoms with E-state index >= 15 is 0 Å². The summed E-state index contributed by atoms with van der Waals surface area (Å²) in [6, 6.07) is 11.5. The van der Waals surface area contributed by atoms with Crippen LogP contribution >= 0.6 is 11.6 Å². The standard InChI is InChI=1S/C29H37ClN8O4S/c1-19-13-21(19)16-38(11-12-41-5)23-14-22(25(30)26(33-23)37(4)43(39,40)24-17-36(3)18-32-24)27-34-35-28(42-27)29(2,31)15-20-9-7-6-8-10-20/h6-10,14,17-19,21H,11-13,15-16,31H2,1-5H3/t19?,21?,29-/m1/s1. The van der Waals surface area contributed by atoms with Crippen LogP contribution in [0.25, 0.3) is 11.5 Å². The lowest BCUT2D eigenvalue weighted by molar-refractivity contribution is 0.204. The zero-order valence-corrected chi connectivity index (χ0v) is 26.5. The third-order valence-electron chi connectivity index (χ3n) is 7.71. The molecule has 14 heteroatoms. The third-order valence-corrected chi connectivity index (χ3v) is 9.72. The molecule has 0 bridgehead atoms. The number of rotatable bonds is 13. The van der Waals surface area contributed by atoms with Crippen molar-refractivity contribution in [2.45, 2.75) is 37.3 Å². The highest BCUT2D eigenvalue weighted by molar-refractivity contribution is 7.92. The monoisotopic (exact) mass is 628 g/mol. The molecule has 1 aromatic carbocycles. The lowest BCUT2D eigenvalue weighted by atomic mass is 9.94. The Hall–Kier alpha value is -3.52. The van der Waals surface area contributed by atoms with Gasteiger partial charge >= 0.3 is 0 Å². The number of anilines is 2. The van der Waals surface area contributed by atoms with Crippen molar-refractivity contribution in [3.8, 4) is 11.5 Å². The number of methoxy groups -OCH3 is 1. The Bertz CT molecular complexity index is 1670. The first kappa shape index (κ1) is 30.9.